The fourth-order valence-electron chi connectivity index (χ4n) is 2.47. The zero-order valence-corrected chi connectivity index (χ0v) is 15.1. The summed E-state index contributed by atoms with van der Waals surface area (Å²) in [7, 11) is 1.92. The maximum atomic E-state index is 12.3. The summed E-state index contributed by atoms with van der Waals surface area (Å²) >= 11 is 2.83. The molecule has 0 saturated heterocycles. The second kappa shape index (κ2) is 6.50. The highest BCUT2D eigenvalue weighted by Gasteiger charge is 2.29. The summed E-state index contributed by atoms with van der Waals surface area (Å²) in [5.74, 6) is 0.443. The molecule has 3 heterocycles. The molecule has 0 amide bonds. The number of hydrogen-bond donors (Lipinski definition) is 2. The summed E-state index contributed by atoms with van der Waals surface area (Å²) < 4.78 is 5.20. The molecule has 7 nitrogen and oxygen atoms in total. The van der Waals surface area contributed by atoms with Crippen LogP contribution in [0.25, 0.3) is 10.2 Å². The van der Waals surface area contributed by atoms with E-state index in [0.29, 0.717) is 16.6 Å². The molecule has 9 heteroatoms. The molecule has 0 fully saturated rings. The lowest BCUT2D eigenvalue weighted by Crippen LogP contribution is -2.45. The van der Waals surface area contributed by atoms with Gasteiger partial charge in [0.15, 0.2) is 11.0 Å². The van der Waals surface area contributed by atoms with Gasteiger partial charge in [-0.1, -0.05) is 18.7 Å². The molecule has 1 atom stereocenters. The zero-order chi connectivity index (χ0) is 16.6. The van der Waals surface area contributed by atoms with E-state index in [1.54, 1.807) is 6.92 Å². The summed E-state index contributed by atoms with van der Waals surface area (Å²) in [4.78, 5) is 22.8. The van der Waals surface area contributed by atoms with Crippen LogP contribution in [-0.4, -0.2) is 42.0 Å². The molecular weight excluding hydrogens is 334 g/mol. The summed E-state index contributed by atoms with van der Waals surface area (Å²) in [6, 6.07) is 0. The third-order valence-electron chi connectivity index (χ3n) is 3.55. The first-order valence-corrected chi connectivity index (χ1v) is 9.45. The minimum atomic E-state index is -0.325. The molecule has 0 spiro atoms. The van der Waals surface area contributed by atoms with E-state index in [4.69, 9.17) is 4.74 Å². The predicted molar refractivity (Wildman–Crippen MR) is 94.4 cm³/mol. The third-order valence-corrected chi connectivity index (χ3v) is 5.16. The lowest BCUT2D eigenvalue weighted by Gasteiger charge is -2.24. The van der Waals surface area contributed by atoms with Crippen LogP contribution in [0.3, 0.4) is 0 Å². The first kappa shape index (κ1) is 16.3. The molecule has 1 aliphatic heterocycles. The summed E-state index contributed by atoms with van der Waals surface area (Å²) in [5, 5.41) is 6.83. The highest BCUT2D eigenvalue weighted by Crippen LogP contribution is 2.42. The molecule has 0 radical (unpaired) electrons. The molecule has 1 aliphatic rings. The van der Waals surface area contributed by atoms with Crippen molar-refractivity contribution in [3.8, 4) is 0 Å². The van der Waals surface area contributed by atoms with Gasteiger partial charge in [0.25, 0.3) is 0 Å². The first-order valence-electron chi connectivity index (χ1n) is 7.41. The number of carbonyl (C=O) groups is 1. The highest BCUT2D eigenvalue weighted by molar-refractivity contribution is 7.98. The number of nitrogens with one attached hydrogen (secondary N) is 2. The van der Waals surface area contributed by atoms with Crippen molar-refractivity contribution in [2.75, 3.05) is 30.2 Å². The minimum Gasteiger partial charge on any atom is -0.462 e. The van der Waals surface area contributed by atoms with Gasteiger partial charge in [-0.25, -0.2) is 20.2 Å². The number of ether oxygens (including phenoxy) is 1. The number of aromatic nitrogens is 2. The largest absolute Gasteiger partial charge is 0.462 e. The lowest BCUT2D eigenvalue weighted by molar-refractivity contribution is 0.0533. The van der Waals surface area contributed by atoms with Crippen LogP contribution < -0.4 is 15.8 Å². The monoisotopic (exact) mass is 353 g/mol. The topological polar surface area (TPSA) is 79.4 Å². The maximum Gasteiger partial charge on any atom is 0.350 e. The molecule has 124 valence electrons. The Morgan fingerprint density at radius 1 is 1.43 bits per heavy atom. The average molecular weight is 353 g/mol. The number of nitrogens with zero attached hydrogens (tertiary/aromatic N) is 3. The molecule has 2 aromatic rings. The molecule has 0 aromatic carbocycles. The Kier molecular flexibility index (Phi) is 4.60. The van der Waals surface area contributed by atoms with E-state index in [2.05, 4.69) is 27.6 Å². The Morgan fingerprint density at radius 2 is 2.22 bits per heavy atom. The van der Waals surface area contributed by atoms with Gasteiger partial charge in [0.05, 0.1) is 23.8 Å². The van der Waals surface area contributed by atoms with E-state index in [-0.39, 0.29) is 12.1 Å². The number of carbonyl (C=O) groups excluding carboxylic acids is 1. The number of hydrazine groups is 1. The number of thioether (sulfide) groups is 1. The molecule has 0 saturated carbocycles. The van der Waals surface area contributed by atoms with E-state index in [1.807, 2.05) is 18.3 Å². The van der Waals surface area contributed by atoms with Crippen molar-refractivity contribution in [2.45, 2.75) is 31.6 Å². The van der Waals surface area contributed by atoms with Gasteiger partial charge in [0.2, 0.25) is 0 Å². The SMILES string of the molecule is CCOC(=O)c1sc2nc(SC)nc3c2c1NC(CC)NN3C. The standard InChI is InChI=1S/C14H19N5O2S2/c1-5-7-15-9-8-11(19(3)18-7)16-14(22-4)17-12(8)23-10(9)13(20)21-6-2/h7,15,18H,5-6H2,1-4H3. The molecule has 0 bridgehead atoms. The van der Waals surface area contributed by atoms with Crippen LogP contribution in [0, 0.1) is 0 Å². The number of esters is 1. The van der Waals surface area contributed by atoms with Crippen LogP contribution in [0.15, 0.2) is 5.16 Å². The molecule has 2 N–H and O–H groups in total. The number of anilines is 2. The van der Waals surface area contributed by atoms with Gasteiger partial charge in [-0.3, -0.25) is 5.01 Å². The van der Waals surface area contributed by atoms with E-state index < -0.39 is 0 Å². The Hall–Kier alpha value is -1.58. The van der Waals surface area contributed by atoms with Gasteiger partial charge >= 0.3 is 5.97 Å². The normalized spacial score (nSPS) is 17.0. The van der Waals surface area contributed by atoms with Crippen LogP contribution in [0.1, 0.15) is 29.9 Å². The Morgan fingerprint density at radius 3 is 2.87 bits per heavy atom. The fraction of sp³-hybridized carbons (Fsp3) is 0.500. The smallest absolute Gasteiger partial charge is 0.350 e. The van der Waals surface area contributed by atoms with Gasteiger partial charge in [0, 0.05) is 7.05 Å². The van der Waals surface area contributed by atoms with Crippen LogP contribution in [0.2, 0.25) is 0 Å². The van der Waals surface area contributed by atoms with Crippen LogP contribution >= 0.6 is 23.1 Å². The molecule has 23 heavy (non-hydrogen) atoms. The highest BCUT2D eigenvalue weighted by atomic mass is 32.2. The second-order valence-corrected chi connectivity index (χ2v) is 6.81. The minimum absolute atomic E-state index is 0.00194. The van der Waals surface area contributed by atoms with E-state index in [9.17, 15) is 4.79 Å². The van der Waals surface area contributed by atoms with Gasteiger partial charge < -0.3 is 10.1 Å². The van der Waals surface area contributed by atoms with Crippen molar-refractivity contribution >= 4 is 50.8 Å². The first-order chi connectivity index (χ1) is 11.1. The Labute approximate surface area is 142 Å². The Bertz CT molecular complexity index is 748. The fourth-order valence-corrected chi connectivity index (χ4v) is 3.91. The van der Waals surface area contributed by atoms with Crippen molar-refractivity contribution in [3.63, 3.8) is 0 Å². The van der Waals surface area contributed by atoms with Gasteiger partial charge in [0.1, 0.15) is 9.71 Å². The number of thiophene rings is 1. The van der Waals surface area contributed by atoms with Crippen LogP contribution in [-0.2, 0) is 4.74 Å². The van der Waals surface area contributed by atoms with E-state index in [0.717, 1.165) is 28.1 Å². The average Bonchev–Trinajstić information content (AvgIpc) is 2.84. The Balaban J connectivity index is 2.25. The summed E-state index contributed by atoms with van der Waals surface area (Å²) in [5.41, 5.74) is 4.11. The quantitative estimate of drug-likeness (QED) is 0.493. The van der Waals surface area contributed by atoms with Crippen molar-refractivity contribution in [1.82, 2.24) is 15.4 Å². The van der Waals surface area contributed by atoms with Crippen molar-refractivity contribution in [3.05, 3.63) is 4.88 Å². The number of hydrogen-bond acceptors (Lipinski definition) is 9. The third kappa shape index (κ3) is 2.84. The van der Waals surface area contributed by atoms with Gasteiger partial charge in [-0.15, -0.1) is 11.3 Å². The molecule has 3 rings (SSSR count). The van der Waals surface area contributed by atoms with Crippen molar-refractivity contribution < 1.29 is 9.53 Å². The van der Waals surface area contributed by atoms with Gasteiger partial charge in [-0.2, -0.15) is 0 Å². The molecule has 0 aliphatic carbocycles. The van der Waals surface area contributed by atoms with Gasteiger partial charge in [-0.05, 0) is 19.6 Å². The van der Waals surface area contributed by atoms with E-state index in [1.165, 1.54) is 23.1 Å². The van der Waals surface area contributed by atoms with Crippen molar-refractivity contribution in [1.29, 1.82) is 0 Å². The summed E-state index contributed by atoms with van der Waals surface area (Å²) in [6.45, 7) is 4.22. The lowest BCUT2D eigenvalue weighted by atomic mass is 10.2. The van der Waals surface area contributed by atoms with Crippen molar-refractivity contribution in [2.24, 2.45) is 0 Å². The second-order valence-electron chi connectivity index (χ2n) is 5.03. The zero-order valence-electron chi connectivity index (χ0n) is 13.5. The molecule has 1 unspecified atom stereocenters. The van der Waals surface area contributed by atoms with Crippen LogP contribution in [0.4, 0.5) is 11.5 Å². The summed E-state index contributed by atoms with van der Waals surface area (Å²) in [6.07, 6.45) is 2.78. The molecular formula is C14H19N5O2S2. The van der Waals surface area contributed by atoms with E-state index >= 15 is 0 Å². The number of rotatable bonds is 4. The molecule has 2 aromatic heterocycles. The maximum absolute atomic E-state index is 12.3. The van der Waals surface area contributed by atoms with Crippen LogP contribution in [0.5, 0.6) is 0 Å². The predicted octanol–water partition coefficient (Wildman–Crippen LogP) is 2.69.